The molecule has 0 aliphatic heterocycles. The first-order valence-corrected chi connectivity index (χ1v) is 8.88. The van der Waals surface area contributed by atoms with Crippen LogP contribution in [0.3, 0.4) is 0 Å². The Morgan fingerprint density at radius 2 is 1.79 bits per heavy atom. The molecule has 0 spiro atoms. The molecule has 0 aliphatic rings. The quantitative estimate of drug-likeness (QED) is 0.663. The van der Waals surface area contributed by atoms with Crippen molar-refractivity contribution in [3.63, 3.8) is 0 Å². The van der Waals surface area contributed by atoms with Crippen molar-refractivity contribution in [1.29, 1.82) is 0 Å². The van der Waals surface area contributed by atoms with E-state index in [4.69, 9.17) is 9.15 Å². The topological polar surface area (TPSA) is 80.6 Å². The van der Waals surface area contributed by atoms with Gasteiger partial charge in [0.15, 0.2) is 12.4 Å². The van der Waals surface area contributed by atoms with Gasteiger partial charge in [0.2, 0.25) is 0 Å². The van der Waals surface area contributed by atoms with Crippen LogP contribution in [0, 0.1) is 20.8 Å². The highest BCUT2D eigenvalue weighted by Crippen LogP contribution is 2.22. The Morgan fingerprint density at radius 3 is 2.54 bits per heavy atom. The van der Waals surface area contributed by atoms with Crippen molar-refractivity contribution in [3.05, 3.63) is 77.2 Å². The third kappa shape index (κ3) is 4.59. The number of aryl methyl sites for hydroxylation is 2. The fourth-order valence-corrected chi connectivity index (χ4v) is 2.65. The van der Waals surface area contributed by atoms with Crippen molar-refractivity contribution in [2.24, 2.45) is 0 Å². The number of furan rings is 1. The molecular weight excluding hydrogens is 356 g/mol. The number of benzene rings is 2. The van der Waals surface area contributed by atoms with Crippen LogP contribution in [0.4, 0.5) is 11.4 Å². The number of hydrogen-bond acceptors (Lipinski definition) is 4. The van der Waals surface area contributed by atoms with Gasteiger partial charge in [0.1, 0.15) is 5.75 Å². The maximum absolute atomic E-state index is 12.3. The lowest BCUT2D eigenvalue weighted by Crippen LogP contribution is -2.21. The van der Waals surface area contributed by atoms with Crippen LogP contribution >= 0.6 is 0 Å². The van der Waals surface area contributed by atoms with E-state index in [2.05, 4.69) is 10.6 Å². The van der Waals surface area contributed by atoms with Crippen LogP contribution in [-0.4, -0.2) is 18.4 Å². The van der Waals surface area contributed by atoms with E-state index in [1.54, 1.807) is 24.3 Å². The molecule has 0 saturated heterocycles. The molecule has 0 unspecified atom stereocenters. The smallest absolute Gasteiger partial charge is 0.291 e. The highest BCUT2D eigenvalue weighted by molar-refractivity contribution is 6.03. The van der Waals surface area contributed by atoms with E-state index in [0.717, 1.165) is 16.7 Å². The van der Waals surface area contributed by atoms with Crippen molar-refractivity contribution >= 4 is 23.2 Å². The first-order chi connectivity index (χ1) is 13.4. The summed E-state index contributed by atoms with van der Waals surface area (Å²) in [4.78, 5) is 24.4. The van der Waals surface area contributed by atoms with Crippen LogP contribution in [0.25, 0.3) is 0 Å². The van der Waals surface area contributed by atoms with Gasteiger partial charge in [0.05, 0.1) is 6.26 Å². The first kappa shape index (κ1) is 19.2. The Bertz CT molecular complexity index is 994. The lowest BCUT2D eigenvalue weighted by atomic mass is 10.1. The Hall–Kier alpha value is -3.54. The van der Waals surface area contributed by atoms with Gasteiger partial charge in [-0.1, -0.05) is 18.2 Å². The molecule has 28 heavy (non-hydrogen) atoms. The predicted molar refractivity (Wildman–Crippen MR) is 108 cm³/mol. The fourth-order valence-electron chi connectivity index (χ4n) is 2.65. The molecule has 144 valence electrons. The number of anilines is 2. The van der Waals surface area contributed by atoms with Crippen LogP contribution in [0.5, 0.6) is 5.75 Å². The third-order valence-corrected chi connectivity index (χ3v) is 4.43. The van der Waals surface area contributed by atoms with Crippen LogP contribution in [0.15, 0.2) is 59.2 Å². The zero-order chi connectivity index (χ0) is 20.1. The van der Waals surface area contributed by atoms with Gasteiger partial charge in [0.25, 0.3) is 11.8 Å². The summed E-state index contributed by atoms with van der Waals surface area (Å²) in [6, 6.07) is 14.2. The van der Waals surface area contributed by atoms with E-state index < -0.39 is 0 Å². The predicted octanol–water partition coefficient (Wildman–Crippen LogP) is 4.47. The zero-order valence-electron chi connectivity index (χ0n) is 16.0. The summed E-state index contributed by atoms with van der Waals surface area (Å²) in [5, 5.41) is 5.57. The first-order valence-electron chi connectivity index (χ1n) is 8.88. The number of hydrogen-bond donors (Lipinski definition) is 2. The minimum atomic E-state index is -0.357. The summed E-state index contributed by atoms with van der Waals surface area (Å²) in [7, 11) is 0. The number of rotatable bonds is 6. The third-order valence-electron chi connectivity index (χ3n) is 4.43. The monoisotopic (exact) mass is 378 g/mol. The van der Waals surface area contributed by atoms with Crippen LogP contribution in [0.1, 0.15) is 27.2 Å². The maximum Gasteiger partial charge on any atom is 0.291 e. The molecule has 3 aromatic rings. The highest BCUT2D eigenvalue weighted by Gasteiger charge is 2.12. The highest BCUT2D eigenvalue weighted by atomic mass is 16.5. The van der Waals surface area contributed by atoms with Crippen molar-refractivity contribution in [3.8, 4) is 5.75 Å². The Balaban J connectivity index is 1.63. The Labute approximate surface area is 163 Å². The molecule has 2 aromatic carbocycles. The summed E-state index contributed by atoms with van der Waals surface area (Å²) in [6.07, 6.45) is 1.44. The molecule has 0 fully saturated rings. The van der Waals surface area contributed by atoms with Crippen LogP contribution in [-0.2, 0) is 4.79 Å². The SMILES string of the molecule is Cc1ccc(NC(=O)c2ccco2)cc1NC(=O)COc1cccc(C)c1C. The van der Waals surface area contributed by atoms with Gasteiger partial charge in [-0.05, 0) is 67.8 Å². The van der Waals surface area contributed by atoms with Gasteiger partial charge in [0, 0.05) is 11.4 Å². The van der Waals surface area contributed by atoms with E-state index in [0.29, 0.717) is 17.1 Å². The van der Waals surface area contributed by atoms with Crippen molar-refractivity contribution < 1.29 is 18.7 Å². The summed E-state index contributed by atoms with van der Waals surface area (Å²) < 4.78 is 10.7. The second-order valence-corrected chi connectivity index (χ2v) is 6.50. The molecular formula is C22H22N2O4. The van der Waals surface area contributed by atoms with E-state index >= 15 is 0 Å². The molecule has 2 amide bonds. The number of carbonyl (C=O) groups excluding carboxylic acids is 2. The lowest BCUT2D eigenvalue weighted by Gasteiger charge is -2.13. The molecule has 0 aliphatic carbocycles. The average Bonchev–Trinajstić information content (AvgIpc) is 3.20. The normalized spacial score (nSPS) is 10.4. The molecule has 0 saturated carbocycles. The summed E-state index contributed by atoms with van der Waals surface area (Å²) in [5.74, 6) is 0.266. The molecule has 1 aromatic heterocycles. The molecule has 0 atom stereocenters. The zero-order valence-corrected chi connectivity index (χ0v) is 16.0. The molecule has 3 rings (SSSR count). The van der Waals surface area contributed by atoms with Crippen LogP contribution in [0.2, 0.25) is 0 Å². The van der Waals surface area contributed by atoms with Gasteiger partial charge in [-0.15, -0.1) is 0 Å². The number of amides is 2. The van der Waals surface area contributed by atoms with E-state index in [-0.39, 0.29) is 24.2 Å². The van der Waals surface area contributed by atoms with Gasteiger partial charge in [-0.3, -0.25) is 9.59 Å². The molecule has 0 radical (unpaired) electrons. The van der Waals surface area contributed by atoms with Gasteiger partial charge in [-0.2, -0.15) is 0 Å². The largest absolute Gasteiger partial charge is 0.483 e. The molecule has 0 bridgehead atoms. The summed E-state index contributed by atoms with van der Waals surface area (Å²) in [6.45, 7) is 5.72. The summed E-state index contributed by atoms with van der Waals surface area (Å²) in [5.41, 5.74) is 4.14. The second kappa shape index (κ2) is 8.43. The Kier molecular flexibility index (Phi) is 5.79. The van der Waals surface area contributed by atoms with E-state index in [1.807, 2.05) is 45.0 Å². The van der Waals surface area contributed by atoms with Gasteiger partial charge in [-0.25, -0.2) is 0 Å². The minimum absolute atomic E-state index is 0.104. The average molecular weight is 378 g/mol. The van der Waals surface area contributed by atoms with Crippen molar-refractivity contribution in [2.75, 3.05) is 17.2 Å². The molecule has 2 N–H and O–H groups in total. The van der Waals surface area contributed by atoms with E-state index in [1.165, 1.54) is 6.26 Å². The van der Waals surface area contributed by atoms with Crippen molar-refractivity contribution in [1.82, 2.24) is 0 Å². The lowest BCUT2D eigenvalue weighted by molar-refractivity contribution is -0.118. The molecule has 6 nitrogen and oxygen atoms in total. The molecule has 6 heteroatoms. The standard InChI is InChI=1S/C22H22N2O4/c1-14-6-4-7-19(16(14)3)28-13-21(25)24-18-12-17(10-9-15(18)2)23-22(26)20-8-5-11-27-20/h4-12H,13H2,1-3H3,(H,23,26)(H,24,25). The van der Waals surface area contributed by atoms with Crippen LogP contribution < -0.4 is 15.4 Å². The molecule has 1 heterocycles. The van der Waals surface area contributed by atoms with Crippen molar-refractivity contribution in [2.45, 2.75) is 20.8 Å². The number of carbonyl (C=O) groups is 2. The number of nitrogens with one attached hydrogen (secondary N) is 2. The van der Waals surface area contributed by atoms with Gasteiger partial charge >= 0.3 is 0 Å². The van der Waals surface area contributed by atoms with Gasteiger partial charge < -0.3 is 19.8 Å². The number of ether oxygens (including phenoxy) is 1. The fraction of sp³-hybridized carbons (Fsp3) is 0.182. The minimum Gasteiger partial charge on any atom is -0.483 e. The second-order valence-electron chi connectivity index (χ2n) is 6.50. The summed E-state index contributed by atoms with van der Waals surface area (Å²) >= 11 is 0. The maximum atomic E-state index is 12.3. The Morgan fingerprint density at radius 1 is 0.964 bits per heavy atom. The van der Waals surface area contributed by atoms with E-state index in [9.17, 15) is 9.59 Å².